The first-order valence-electron chi connectivity index (χ1n) is 7.16. The Kier molecular flexibility index (Phi) is 8.80. The standard InChI is InChI=1S/C16H21N3O3S/c1-22-16(21)14(6-7-23-2)19-15(20)11-18-10-13-5-3-4-12(8-13)9-17/h3-5,8,14,18H,6-7,10-11H2,1-2H3,(H,19,20)/t14-/m0/s1. The molecule has 23 heavy (non-hydrogen) atoms. The van der Waals surface area contributed by atoms with Gasteiger partial charge in [-0.3, -0.25) is 4.79 Å². The van der Waals surface area contributed by atoms with Gasteiger partial charge in [0.2, 0.25) is 5.91 Å². The monoisotopic (exact) mass is 335 g/mol. The zero-order chi connectivity index (χ0) is 17.1. The van der Waals surface area contributed by atoms with Gasteiger partial charge in [-0.15, -0.1) is 0 Å². The van der Waals surface area contributed by atoms with Crippen LogP contribution < -0.4 is 10.6 Å². The van der Waals surface area contributed by atoms with Crippen LogP contribution in [0.2, 0.25) is 0 Å². The van der Waals surface area contributed by atoms with Crippen molar-refractivity contribution in [3.05, 3.63) is 35.4 Å². The smallest absolute Gasteiger partial charge is 0.328 e. The molecule has 6 nitrogen and oxygen atoms in total. The zero-order valence-corrected chi connectivity index (χ0v) is 14.1. The summed E-state index contributed by atoms with van der Waals surface area (Å²) >= 11 is 1.60. The van der Waals surface area contributed by atoms with Gasteiger partial charge in [-0.25, -0.2) is 4.79 Å². The van der Waals surface area contributed by atoms with Crippen LogP contribution in [-0.2, 0) is 20.9 Å². The highest BCUT2D eigenvalue weighted by molar-refractivity contribution is 7.98. The maximum Gasteiger partial charge on any atom is 0.328 e. The van der Waals surface area contributed by atoms with E-state index in [0.29, 0.717) is 18.5 Å². The number of nitrogens with one attached hydrogen (secondary N) is 2. The lowest BCUT2D eigenvalue weighted by atomic mass is 10.1. The largest absolute Gasteiger partial charge is 0.467 e. The van der Waals surface area contributed by atoms with Crippen molar-refractivity contribution >= 4 is 23.6 Å². The highest BCUT2D eigenvalue weighted by Gasteiger charge is 2.20. The van der Waals surface area contributed by atoms with E-state index in [1.165, 1.54) is 7.11 Å². The summed E-state index contributed by atoms with van der Waals surface area (Å²) in [6.07, 6.45) is 2.47. The average Bonchev–Trinajstić information content (AvgIpc) is 2.58. The Bertz CT molecular complexity index is 572. The average molecular weight is 335 g/mol. The van der Waals surface area contributed by atoms with E-state index in [1.54, 1.807) is 30.0 Å². The predicted octanol–water partition coefficient (Wildman–Crippen LogP) is 1.06. The third-order valence-corrected chi connectivity index (χ3v) is 3.75. The first-order valence-corrected chi connectivity index (χ1v) is 8.56. The quantitative estimate of drug-likeness (QED) is 0.656. The Labute approximate surface area is 140 Å². The van der Waals surface area contributed by atoms with Crippen LogP contribution in [0.25, 0.3) is 0 Å². The van der Waals surface area contributed by atoms with E-state index in [2.05, 4.69) is 16.7 Å². The van der Waals surface area contributed by atoms with Crippen LogP contribution >= 0.6 is 11.8 Å². The Morgan fingerprint density at radius 3 is 2.87 bits per heavy atom. The highest BCUT2D eigenvalue weighted by atomic mass is 32.2. The molecule has 0 aliphatic heterocycles. The normalized spacial score (nSPS) is 11.3. The third-order valence-electron chi connectivity index (χ3n) is 3.10. The van der Waals surface area contributed by atoms with Crippen LogP contribution in [0.4, 0.5) is 0 Å². The number of carbonyl (C=O) groups excluding carboxylic acids is 2. The molecular weight excluding hydrogens is 314 g/mol. The Morgan fingerprint density at radius 2 is 2.22 bits per heavy atom. The van der Waals surface area contributed by atoms with Gasteiger partial charge in [0.25, 0.3) is 0 Å². The molecule has 0 saturated carbocycles. The van der Waals surface area contributed by atoms with Crippen LogP contribution in [0.3, 0.4) is 0 Å². The summed E-state index contributed by atoms with van der Waals surface area (Å²) in [5, 5.41) is 14.5. The second-order valence-corrected chi connectivity index (χ2v) is 5.83. The molecule has 1 aromatic rings. The molecule has 0 saturated heterocycles. The van der Waals surface area contributed by atoms with Crippen molar-refractivity contribution < 1.29 is 14.3 Å². The Morgan fingerprint density at radius 1 is 1.43 bits per heavy atom. The fourth-order valence-corrected chi connectivity index (χ4v) is 2.41. The number of benzene rings is 1. The molecule has 0 aromatic heterocycles. The van der Waals surface area contributed by atoms with Crippen molar-refractivity contribution in [3.63, 3.8) is 0 Å². The van der Waals surface area contributed by atoms with Gasteiger partial charge >= 0.3 is 5.97 Å². The molecule has 0 unspecified atom stereocenters. The zero-order valence-electron chi connectivity index (χ0n) is 13.3. The van der Waals surface area contributed by atoms with Crippen molar-refractivity contribution in [1.29, 1.82) is 5.26 Å². The molecule has 1 atom stereocenters. The van der Waals surface area contributed by atoms with Gasteiger partial charge in [-0.05, 0) is 36.1 Å². The van der Waals surface area contributed by atoms with Gasteiger partial charge in [0.1, 0.15) is 6.04 Å². The molecular formula is C16H21N3O3S. The summed E-state index contributed by atoms with van der Waals surface area (Å²) in [7, 11) is 1.31. The number of nitriles is 1. The number of thioether (sulfide) groups is 1. The second-order valence-electron chi connectivity index (χ2n) is 4.84. The van der Waals surface area contributed by atoms with Crippen LogP contribution in [0, 0.1) is 11.3 Å². The van der Waals surface area contributed by atoms with E-state index in [9.17, 15) is 9.59 Å². The van der Waals surface area contributed by atoms with Crippen LogP contribution in [-0.4, -0.2) is 43.6 Å². The first-order chi connectivity index (χ1) is 11.1. The minimum absolute atomic E-state index is 0.0868. The number of esters is 1. The second kappa shape index (κ2) is 10.6. The molecule has 124 valence electrons. The fourth-order valence-electron chi connectivity index (χ4n) is 1.94. The van der Waals surface area contributed by atoms with Crippen molar-refractivity contribution in [3.8, 4) is 6.07 Å². The topological polar surface area (TPSA) is 91.2 Å². The number of nitrogens with zero attached hydrogens (tertiary/aromatic N) is 1. The maximum absolute atomic E-state index is 11.9. The number of hydrogen-bond donors (Lipinski definition) is 2. The van der Waals surface area contributed by atoms with Crippen molar-refractivity contribution in [2.24, 2.45) is 0 Å². The van der Waals surface area contributed by atoms with E-state index in [0.717, 1.165) is 11.3 Å². The summed E-state index contributed by atoms with van der Waals surface area (Å²) in [4.78, 5) is 23.5. The molecule has 0 aliphatic carbocycles. The highest BCUT2D eigenvalue weighted by Crippen LogP contribution is 2.04. The van der Waals surface area contributed by atoms with Crippen molar-refractivity contribution in [2.75, 3.05) is 25.7 Å². The van der Waals surface area contributed by atoms with E-state index in [4.69, 9.17) is 10.00 Å². The summed E-state index contributed by atoms with van der Waals surface area (Å²) in [5.41, 5.74) is 1.50. The molecule has 0 spiro atoms. The number of carbonyl (C=O) groups is 2. The van der Waals surface area contributed by atoms with Crippen molar-refractivity contribution in [1.82, 2.24) is 10.6 Å². The molecule has 0 aliphatic rings. The lowest BCUT2D eigenvalue weighted by molar-refractivity contribution is -0.145. The molecule has 0 fully saturated rings. The first kappa shape index (κ1) is 19.0. The molecule has 1 rings (SSSR count). The van der Waals surface area contributed by atoms with E-state index in [1.807, 2.05) is 12.3 Å². The number of hydrogen-bond acceptors (Lipinski definition) is 6. The predicted molar refractivity (Wildman–Crippen MR) is 89.8 cm³/mol. The molecule has 0 radical (unpaired) electrons. The molecule has 0 bridgehead atoms. The molecule has 1 aromatic carbocycles. The minimum atomic E-state index is -0.622. The van der Waals surface area contributed by atoms with E-state index < -0.39 is 12.0 Å². The van der Waals surface area contributed by atoms with Crippen molar-refractivity contribution in [2.45, 2.75) is 19.0 Å². The molecule has 2 N–H and O–H groups in total. The van der Waals surface area contributed by atoms with Gasteiger partial charge in [0.05, 0.1) is 25.3 Å². The number of ether oxygens (including phenoxy) is 1. The minimum Gasteiger partial charge on any atom is -0.467 e. The number of methoxy groups -OCH3 is 1. The number of amides is 1. The molecule has 0 heterocycles. The molecule has 1 amide bonds. The third kappa shape index (κ3) is 7.17. The lowest BCUT2D eigenvalue weighted by Gasteiger charge is -2.16. The Balaban J connectivity index is 2.42. The van der Waals surface area contributed by atoms with Gasteiger partial charge in [0, 0.05) is 6.54 Å². The van der Waals surface area contributed by atoms with Crippen LogP contribution in [0.5, 0.6) is 0 Å². The molecule has 7 heteroatoms. The fraction of sp³-hybridized carbons (Fsp3) is 0.438. The maximum atomic E-state index is 11.9. The number of rotatable bonds is 9. The van der Waals surface area contributed by atoms with E-state index >= 15 is 0 Å². The van der Waals surface area contributed by atoms with Crippen LogP contribution in [0.15, 0.2) is 24.3 Å². The SMILES string of the molecule is COC(=O)[C@H](CCSC)NC(=O)CNCc1cccc(C#N)c1. The summed E-state index contributed by atoms with van der Waals surface area (Å²) in [6.45, 7) is 0.556. The lowest BCUT2D eigenvalue weighted by Crippen LogP contribution is -2.45. The Hall–Kier alpha value is -2.04. The van der Waals surface area contributed by atoms with Gasteiger partial charge in [-0.2, -0.15) is 17.0 Å². The van der Waals surface area contributed by atoms with Gasteiger partial charge < -0.3 is 15.4 Å². The van der Waals surface area contributed by atoms with Crippen LogP contribution in [0.1, 0.15) is 17.5 Å². The van der Waals surface area contributed by atoms with Gasteiger partial charge in [-0.1, -0.05) is 12.1 Å². The summed E-state index contributed by atoms with van der Waals surface area (Å²) in [5.74, 6) is 0.0566. The summed E-state index contributed by atoms with van der Waals surface area (Å²) < 4.78 is 4.70. The summed E-state index contributed by atoms with van der Waals surface area (Å²) in [6, 6.07) is 8.61. The van der Waals surface area contributed by atoms with Gasteiger partial charge in [0.15, 0.2) is 0 Å². The van der Waals surface area contributed by atoms with E-state index in [-0.39, 0.29) is 12.5 Å².